The molecule has 110 valence electrons. The van der Waals surface area contributed by atoms with E-state index in [2.05, 4.69) is 38.3 Å². The second-order valence-electron chi connectivity index (χ2n) is 5.25. The summed E-state index contributed by atoms with van der Waals surface area (Å²) in [5, 5.41) is 3.24. The Kier molecular flexibility index (Phi) is 5.03. The molecule has 0 unspecified atom stereocenters. The molecule has 3 rings (SSSR count). The molecule has 1 aliphatic rings. The fourth-order valence-electron chi connectivity index (χ4n) is 2.53. The zero-order chi connectivity index (χ0) is 14.7. The second kappa shape index (κ2) is 6.99. The number of rotatable bonds is 3. The lowest BCUT2D eigenvalue weighted by atomic mass is 10.1. The molecule has 21 heavy (non-hydrogen) atoms. The van der Waals surface area contributed by atoms with E-state index in [-0.39, 0.29) is 0 Å². The lowest BCUT2D eigenvalue weighted by Gasteiger charge is -2.28. The summed E-state index contributed by atoms with van der Waals surface area (Å²) in [6.45, 7) is 2.23. The molecule has 0 radical (unpaired) electrons. The Balaban J connectivity index is 1.67. The van der Waals surface area contributed by atoms with Crippen LogP contribution in [0.4, 0.5) is 0 Å². The quantitative estimate of drug-likeness (QED) is 0.702. The van der Waals surface area contributed by atoms with Crippen molar-refractivity contribution in [3.63, 3.8) is 0 Å². The Labute approximate surface area is 143 Å². The lowest BCUT2D eigenvalue weighted by molar-refractivity contribution is 0.343. The molecule has 0 saturated carbocycles. The van der Waals surface area contributed by atoms with Gasteiger partial charge in [-0.2, -0.15) is 0 Å². The standard InChI is InChI=1S/C16H17BrN2S2/c17-13-6-4-12(5-7-13)14-11-21-15(18-14)10-16(20)19-8-2-1-3-9-19/h4-7,11H,1-3,8-10H2. The van der Waals surface area contributed by atoms with E-state index >= 15 is 0 Å². The number of halogens is 1. The molecule has 2 nitrogen and oxygen atoms in total. The summed E-state index contributed by atoms with van der Waals surface area (Å²) in [5.41, 5.74) is 2.20. The number of hydrogen-bond acceptors (Lipinski definition) is 3. The molecule has 1 aromatic carbocycles. The zero-order valence-electron chi connectivity index (χ0n) is 11.7. The summed E-state index contributed by atoms with van der Waals surface area (Å²) in [4.78, 5) is 8.13. The monoisotopic (exact) mass is 380 g/mol. The lowest BCUT2D eigenvalue weighted by Crippen LogP contribution is -2.35. The zero-order valence-corrected chi connectivity index (χ0v) is 14.9. The van der Waals surface area contributed by atoms with Crippen LogP contribution in [-0.4, -0.2) is 28.0 Å². The highest BCUT2D eigenvalue weighted by Crippen LogP contribution is 2.24. The second-order valence-corrected chi connectivity index (χ2v) is 7.58. The van der Waals surface area contributed by atoms with E-state index in [0.717, 1.165) is 45.2 Å². The third-order valence-electron chi connectivity index (χ3n) is 3.70. The van der Waals surface area contributed by atoms with Gasteiger partial charge in [0.2, 0.25) is 0 Å². The first-order valence-electron chi connectivity index (χ1n) is 7.20. The number of hydrogen-bond donors (Lipinski definition) is 0. The van der Waals surface area contributed by atoms with Gasteiger partial charge in [0, 0.05) is 28.5 Å². The van der Waals surface area contributed by atoms with Gasteiger partial charge in [-0.3, -0.25) is 0 Å². The van der Waals surface area contributed by atoms with E-state index in [4.69, 9.17) is 17.2 Å². The number of likely N-dealkylation sites (tertiary alicyclic amines) is 1. The Hall–Kier alpha value is -0.780. The van der Waals surface area contributed by atoms with Gasteiger partial charge in [0.1, 0.15) is 0 Å². The van der Waals surface area contributed by atoms with Crippen LogP contribution in [0.1, 0.15) is 24.3 Å². The van der Waals surface area contributed by atoms with Crippen LogP contribution in [0.2, 0.25) is 0 Å². The molecule has 0 atom stereocenters. The smallest absolute Gasteiger partial charge is 0.1000 e. The van der Waals surface area contributed by atoms with E-state index in [9.17, 15) is 0 Å². The summed E-state index contributed by atoms with van der Waals surface area (Å²) < 4.78 is 1.09. The maximum absolute atomic E-state index is 5.59. The van der Waals surface area contributed by atoms with Gasteiger partial charge < -0.3 is 4.90 Å². The molecule has 1 aromatic heterocycles. The molecule has 1 saturated heterocycles. The molecule has 0 bridgehead atoms. The largest absolute Gasteiger partial charge is 0.366 e. The van der Waals surface area contributed by atoms with Gasteiger partial charge in [0.25, 0.3) is 0 Å². The summed E-state index contributed by atoms with van der Waals surface area (Å²) in [5.74, 6) is 0. The van der Waals surface area contributed by atoms with Crippen molar-refractivity contribution in [3.05, 3.63) is 39.1 Å². The molecule has 0 aliphatic carbocycles. The SMILES string of the molecule is S=C(Cc1nc(-c2ccc(Br)cc2)cs1)N1CCCCC1. The number of piperidine rings is 1. The van der Waals surface area contributed by atoms with E-state index in [1.54, 1.807) is 11.3 Å². The van der Waals surface area contributed by atoms with Crippen LogP contribution in [0, 0.1) is 0 Å². The maximum Gasteiger partial charge on any atom is 0.1000 e. The van der Waals surface area contributed by atoms with Crippen molar-refractivity contribution in [2.75, 3.05) is 13.1 Å². The van der Waals surface area contributed by atoms with Crippen LogP contribution in [0.15, 0.2) is 34.1 Å². The number of aromatic nitrogens is 1. The fourth-order valence-corrected chi connectivity index (χ4v) is 4.01. The fraction of sp³-hybridized carbons (Fsp3) is 0.375. The maximum atomic E-state index is 5.59. The number of thiocarbonyl (C=S) groups is 1. The highest BCUT2D eigenvalue weighted by atomic mass is 79.9. The van der Waals surface area contributed by atoms with Gasteiger partial charge in [0.15, 0.2) is 0 Å². The Morgan fingerprint density at radius 3 is 2.62 bits per heavy atom. The van der Waals surface area contributed by atoms with Crippen LogP contribution in [0.3, 0.4) is 0 Å². The third-order valence-corrected chi connectivity index (χ3v) is 5.48. The predicted molar refractivity (Wildman–Crippen MR) is 97.0 cm³/mol. The normalized spacial score (nSPS) is 15.2. The van der Waals surface area contributed by atoms with Crippen molar-refractivity contribution < 1.29 is 0 Å². The van der Waals surface area contributed by atoms with E-state index < -0.39 is 0 Å². The molecule has 0 amide bonds. The molecule has 0 spiro atoms. The first kappa shape index (κ1) is 15.1. The Morgan fingerprint density at radius 1 is 1.19 bits per heavy atom. The van der Waals surface area contributed by atoms with Crippen molar-refractivity contribution in [3.8, 4) is 11.3 Å². The number of nitrogens with zero attached hydrogens (tertiary/aromatic N) is 2. The third kappa shape index (κ3) is 3.90. The minimum absolute atomic E-state index is 0.802. The van der Waals surface area contributed by atoms with Crippen LogP contribution >= 0.6 is 39.5 Å². The van der Waals surface area contributed by atoms with Crippen LogP contribution in [-0.2, 0) is 6.42 Å². The Bertz CT molecular complexity index is 615. The van der Waals surface area contributed by atoms with Crippen LogP contribution < -0.4 is 0 Å². The van der Waals surface area contributed by atoms with Gasteiger partial charge in [-0.1, -0.05) is 40.3 Å². The first-order valence-corrected chi connectivity index (χ1v) is 9.28. The summed E-state index contributed by atoms with van der Waals surface area (Å²) >= 11 is 10.7. The summed E-state index contributed by atoms with van der Waals surface area (Å²) in [6, 6.07) is 8.27. The average molecular weight is 381 g/mol. The molecule has 2 heterocycles. The molecular weight excluding hydrogens is 364 g/mol. The van der Waals surface area contributed by atoms with Gasteiger partial charge >= 0.3 is 0 Å². The van der Waals surface area contributed by atoms with Crippen molar-refractivity contribution in [2.45, 2.75) is 25.7 Å². The predicted octanol–water partition coefficient (Wildman–Crippen LogP) is 4.93. The molecular formula is C16H17BrN2S2. The van der Waals surface area contributed by atoms with Gasteiger partial charge in [-0.15, -0.1) is 11.3 Å². The minimum atomic E-state index is 0.802. The van der Waals surface area contributed by atoms with Crippen molar-refractivity contribution in [1.29, 1.82) is 0 Å². The van der Waals surface area contributed by atoms with Crippen molar-refractivity contribution in [1.82, 2.24) is 9.88 Å². The van der Waals surface area contributed by atoms with Gasteiger partial charge in [-0.25, -0.2) is 4.98 Å². The van der Waals surface area contributed by atoms with Crippen molar-refractivity contribution >= 4 is 44.5 Å². The van der Waals surface area contributed by atoms with Gasteiger partial charge in [-0.05, 0) is 31.4 Å². The minimum Gasteiger partial charge on any atom is -0.366 e. The molecule has 1 fully saturated rings. The first-order chi connectivity index (χ1) is 10.2. The number of thiazole rings is 1. The average Bonchev–Trinajstić information content (AvgIpc) is 2.97. The topological polar surface area (TPSA) is 16.1 Å². The van der Waals surface area contributed by atoms with Crippen LogP contribution in [0.25, 0.3) is 11.3 Å². The van der Waals surface area contributed by atoms with Gasteiger partial charge in [0.05, 0.1) is 22.1 Å². The molecule has 2 aromatic rings. The highest BCUT2D eigenvalue weighted by Gasteiger charge is 2.15. The van der Waals surface area contributed by atoms with Crippen LogP contribution in [0.5, 0.6) is 0 Å². The van der Waals surface area contributed by atoms with E-state index in [1.165, 1.54) is 19.3 Å². The van der Waals surface area contributed by atoms with E-state index in [1.807, 2.05) is 12.1 Å². The molecule has 5 heteroatoms. The van der Waals surface area contributed by atoms with E-state index in [0.29, 0.717) is 0 Å². The molecule has 1 aliphatic heterocycles. The van der Waals surface area contributed by atoms with Crippen molar-refractivity contribution in [2.24, 2.45) is 0 Å². The molecule has 0 N–H and O–H groups in total. The Morgan fingerprint density at radius 2 is 1.90 bits per heavy atom. The number of benzene rings is 1. The highest BCUT2D eigenvalue weighted by molar-refractivity contribution is 9.10. The summed E-state index contributed by atoms with van der Waals surface area (Å²) in [6.07, 6.45) is 4.67. The summed E-state index contributed by atoms with van der Waals surface area (Å²) in [7, 11) is 0.